The molecule has 0 heterocycles. The lowest BCUT2D eigenvalue weighted by molar-refractivity contribution is 0.227. The normalized spacial score (nSPS) is 12.5. The van der Waals surface area contributed by atoms with Crippen LogP contribution in [0.1, 0.15) is 27.2 Å². The second-order valence-corrected chi connectivity index (χ2v) is 4.44. The molecule has 0 aliphatic rings. The summed E-state index contributed by atoms with van der Waals surface area (Å²) < 4.78 is 0. The molecule has 64 valence electrons. The molecular weight excluding hydrogens is 133 g/mol. The molecule has 0 unspecified atom stereocenters. The summed E-state index contributed by atoms with van der Waals surface area (Å²) in [7, 11) is 7.57. The van der Waals surface area contributed by atoms with Crippen molar-refractivity contribution in [3.05, 3.63) is 0 Å². The van der Waals surface area contributed by atoms with Crippen LogP contribution in [-0.2, 0) is 0 Å². The van der Waals surface area contributed by atoms with E-state index >= 15 is 0 Å². The zero-order valence-electron chi connectivity index (χ0n) is 8.35. The van der Waals surface area contributed by atoms with Gasteiger partial charge in [-0.1, -0.05) is 27.1 Å². The molecule has 0 saturated heterocycles. The van der Waals surface area contributed by atoms with Gasteiger partial charge in [-0.3, -0.25) is 0 Å². The molecule has 0 fully saturated rings. The SMILES string of the molecule is [B]CCCN(C)CC(C)(C)C. The first-order valence-corrected chi connectivity index (χ1v) is 4.34. The summed E-state index contributed by atoms with van der Waals surface area (Å²) in [6, 6.07) is 0. The van der Waals surface area contributed by atoms with Gasteiger partial charge in [0, 0.05) is 6.54 Å². The minimum absolute atomic E-state index is 0.406. The van der Waals surface area contributed by atoms with Crippen LogP contribution in [0.2, 0.25) is 6.32 Å². The molecule has 0 aromatic heterocycles. The number of hydrogen-bond acceptors (Lipinski definition) is 1. The molecule has 0 aromatic rings. The van der Waals surface area contributed by atoms with Crippen LogP contribution in [0, 0.1) is 5.41 Å². The van der Waals surface area contributed by atoms with Gasteiger partial charge in [-0.05, 0) is 25.4 Å². The third-order valence-electron chi connectivity index (χ3n) is 1.49. The Morgan fingerprint density at radius 1 is 1.27 bits per heavy atom. The zero-order chi connectivity index (χ0) is 8.91. The molecular formula is C9H20BN. The number of hydrogen-bond donors (Lipinski definition) is 0. The highest BCUT2D eigenvalue weighted by Crippen LogP contribution is 2.14. The average molecular weight is 153 g/mol. The lowest BCUT2D eigenvalue weighted by Gasteiger charge is -2.26. The van der Waals surface area contributed by atoms with Crippen LogP contribution in [0.4, 0.5) is 0 Å². The fraction of sp³-hybridized carbons (Fsp3) is 1.00. The van der Waals surface area contributed by atoms with E-state index in [0.29, 0.717) is 5.41 Å². The van der Waals surface area contributed by atoms with Crippen LogP contribution in [0.25, 0.3) is 0 Å². The van der Waals surface area contributed by atoms with E-state index in [1.807, 2.05) is 0 Å². The summed E-state index contributed by atoms with van der Waals surface area (Å²) in [5.41, 5.74) is 0.406. The van der Waals surface area contributed by atoms with Gasteiger partial charge in [-0.2, -0.15) is 0 Å². The lowest BCUT2D eigenvalue weighted by Crippen LogP contribution is -2.29. The van der Waals surface area contributed by atoms with Crippen molar-refractivity contribution in [2.75, 3.05) is 20.1 Å². The average Bonchev–Trinajstić information content (AvgIpc) is 1.79. The number of rotatable bonds is 4. The molecule has 1 nitrogen and oxygen atoms in total. The van der Waals surface area contributed by atoms with Crippen molar-refractivity contribution in [1.82, 2.24) is 4.90 Å². The Kier molecular flexibility index (Phi) is 4.82. The van der Waals surface area contributed by atoms with Crippen molar-refractivity contribution < 1.29 is 0 Å². The second-order valence-electron chi connectivity index (χ2n) is 4.44. The van der Waals surface area contributed by atoms with E-state index in [1.54, 1.807) is 0 Å². The van der Waals surface area contributed by atoms with E-state index in [0.717, 1.165) is 25.8 Å². The van der Waals surface area contributed by atoms with E-state index in [4.69, 9.17) is 7.85 Å². The third-order valence-corrected chi connectivity index (χ3v) is 1.49. The lowest BCUT2D eigenvalue weighted by atomic mass is 9.95. The summed E-state index contributed by atoms with van der Waals surface area (Å²) in [4.78, 5) is 2.34. The minimum Gasteiger partial charge on any atom is -0.306 e. The molecule has 0 saturated carbocycles. The first-order chi connectivity index (χ1) is 4.95. The first-order valence-electron chi connectivity index (χ1n) is 4.34. The van der Waals surface area contributed by atoms with E-state index in [9.17, 15) is 0 Å². The van der Waals surface area contributed by atoms with Crippen molar-refractivity contribution in [3.8, 4) is 0 Å². The third kappa shape index (κ3) is 7.93. The van der Waals surface area contributed by atoms with Gasteiger partial charge >= 0.3 is 0 Å². The van der Waals surface area contributed by atoms with Gasteiger partial charge < -0.3 is 4.90 Å². The molecule has 0 atom stereocenters. The number of nitrogens with zero attached hydrogens (tertiary/aromatic N) is 1. The highest BCUT2D eigenvalue weighted by atomic mass is 15.1. The molecule has 0 rings (SSSR count). The monoisotopic (exact) mass is 153 g/mol. The molecule has 11 heavy (non-hydrogen) atoms. The van der Waals surface area contributed by atoms with Crippen molar-refractivity contribution in [3.63, 3.8) is 0 Å². The van der Waals surface area contributed by atoms with Gasteiger partial charge in [0.15, 0.2) is 0 Å². The topological polar surface area (TPSA) is 3.24 Å². The first kappa shape index (κ1) is 11.0. The Hall–Kier alpha value is 0.0249. The predicted octanol–water partition coefficient (Wildman–Crippen LogP) is 1.94. The maximum absolute atomic E-state index is 5.41. The van der Waals surface area contributed by atoms with Gasteiger partial charge in [0.05, 0.1) is 7.85 Å². The standard InChI is InChI=1S/C9H20BN/c1-9(2,3)8-11(4)7-5-6-10/h5-8H2,1-4H3. The van der Waals surface area contributed by atoms with Gasteiger partial charge in [0.25, 0.3) is 0 Å². The smallest absolute Gasteiger partial charge is 0.0653 e. The van der Waals surface area contributed by atoms with Gasteiger partial charge in [-0.25, -0.2) is 0 Å². The maximum Gasteiger partial charge on any atom is 0.0653 e. The summed E-state index contributed by atoms with van der Waals surface area (Å²) in [6.07, 6.45) is 1.90. The Bertz CT molecular complexity index is 96.2. The molecule has 2 heteroatoms. The van der Waals surface area contributed by atoms with Crippen molar-refractivity contribution in [2.24, 2.45) is 5.41 Å². The molecule has 2 radical (unpaired) electrons. The fourth-order valence-electron chi connectivity index (χ4n) is 1.25. The van der Waals surface area contributed by atoms with Crippen molar-refractivity contribution in [1.29, 1.82) is 0 Å². The van der Waals surface area contributed by atoms with Crippen LogP contribution >= 0.6 is 0 Å². The van der Waals surface area contributed by atoms with Gasteiger partial charge in [-0.15, -0.1) is 0 Å². The largest absolute Gasteiger partial charge is 0.306 e. The Labute approximate surface area is 72.6 Å². The summed E-state index contributed by atoms with van der Waals surface area (Å²) in [5.74, 6) is 0. The van der Waals surface area contributed by atoms with Crippen LogP contribution in [0.15, 0.2) is 0 Å². The predicted molar refractivity (Wildman–Crippen MR) is 52.1 cm³/mol. The van der Waals surface area contributed by atoms with E-state index in [-0.39, 0.29) is 0 Å². The summed E-state index contributed by atoms with van der Waals surface area (Å²) >= 11 is 0. The highest BCUT2D eigenvalue weighted by Gasteiger charge is 2.12. The Morgan fingerprint density at radius 2 is 1.82 bits per heavy atom. The van der Waals surface area contributed by atoms with E-state index < -0.39 is 0 Å². The van der Waals surface area contributed by atoms with Crippen LogP contribution in [0.3, 0.4) is 0 Å². The maximum atomic E-state index is 5.41. The Morgan fingerprint density at radius 3 is 2.18 bits per heavy atom. The van der Waals surface area contributed by atoms with E-state index in [1.165, 1.54) is 0 Å². The van der Waals surface area contributed by atoms with Crippen molar-refractivity contribution >= 4 is 7.85 Å². The summed E-state index contributed by atoms with van der Waals surface area (Å²) in [6.45, 7) is 9.03. The Balaban J connectivity index is 3.44. The summed E-state index contributed by atoms with van der Waals surface area (Å²) in [5, 5.41) is 0. The van der Waals surface area contributed by atoms with Crippen LogP contribution < -0.4 is 0 Å². The van der Waals surface area contributed by atoms with Crippen molar-refractivity contribution in [2.45, 2.75) is 33.5 Å². The molecule has 0 aliphatic heterocycles. The quantitative estimate of drug-likeness (QED) is 0.558. The molecule has 0 aromatic carbocycles. The van der Waals surface area contributed by atoms with Crippen LogP contribution in [-0.4, -0.2) is 32.9 Å². The molecule has 0 aliphatic carbocycles. The minimum atomic E-state index is 0.406. The molecule has 0 amide bonds. The fourth-order valence-corrected chi connectivity index (χ4v) is 1.25. The highest BCUT2D eigenvalue weighted by molar-refractivity contribution is 6.08. The molecule has 0 N–H and O–H groups in total. The van der Waals surface area contributed by atoms with Crippen LogP contribution in [0.5, 0.6) is 0 Å². The molecule has 0 spiro atoms. The van der Waals surface area contributed by atoms with Gasteiger partial charge in [0.1, 0.15) is 0 Å². The second kappa shape index (κ2) is 4.81. The van der Waals surface area contributed by atoms with E-state index in [2.05, 4.69) is 32.7 Å². The van der Waals surface area contributed by atoms with Gasteiger partial charge in [0.2, 0.25) is 0 Å². The zero-order valence-corrected chi connectivity index (χ0v) is 8.35. The molecule has 0 bridgehead atoms.